The Morgan fingerprint density at radius 3 is 2.55 bits per heavy atom. The Morgan fingerprint density at radius 1 is 1.35 bits per heavy atom. The van der Waals surface area contributed by atoms with Crippen molar-refractivity contribution in [3.05, 3.63) is 29.6 Å². The molecule has 0 aliphatic heterocycles. The van der Waals surface area contributed by atoms with Crippen molar-refractivity contribution in [3.8, 4) is 0 Å². The normalized spacial score (nSPS) is 11.8. The molecule has 0 spiro atoms. The standard InChI is InChI=1S/C11H11F3N2O4/c1-20-8(10(17)18)4-15-11(19)16-7-3-5(12)2-6(13)9(7)14/h2-3,8H,4H2,1H3,(H,17,18)(H2,15,16,19). The van der Waals surface area contributed by atoms with Gasteiger partial charge in [-0.2, -0.15) is 0 Å². The van der Waals surface area contributed by atoms with E-state index in [9.17, 15) is 22.8 Å². The number of carbonyl (C=O) groups excluding carboxylic acids is 1. The van der Waals surface area contributed by atoms with Crippen LogP contribution in [0.5, 0.6) is 0 Å². The number of benzene rings is 1. The van der Waals surface area contributed by atoms with Gasteiger partial charge in [-0.15, -0.1) is 0 Å². The fourth-order valence-corrected chi connectivity index (χ4v) is 1.27. The Labute approximate surface area is 111 Å². The zero-order chi connectivity index (χ0) is 15.3. The number of aliphatic carboxylic acids is 1. The molecule has 0 bridgehead atoms. The smallest absolute Gasteiger partial charge is 0.334 e. The number of hydrogen-bond acceptors (Lipinski definition) is 3. The van der Waals surface area contributed by atoms with Gasteiger partial charge in [-0.1, -0.05) is 0 Å². The first-order valence-electron chi connectivity index (χ1n) is 5.30. The molecule has 0 heterocycles. The molecule has 0 aliphatic carbocycles. The molecule has 9 heteroatoms. The molecule has 110 valence electrons. The van der Waals surface area contributed by atoms with Crippen LogP contribution in [0.4, 0.5) is 23.7 Å². The number of nitrogens with one attached hydrogen (secondary N) is 2. The van der Waals surface area contributed by atoms with Crippen LogP contribution < -0.4 is 10.6 Å². The number of amides is 2. The van der Waals surface area contributed by atoms with E-state index in [2.05, 4.69) is 10.1 Å². The molecule has 0 aromatic heterocycles. The third-order valence-electron chi connectivity index (χ3n) is 2.25. The molecule has 1 rings (SSSR count). The molecule has 1 atom stereocenters. The monoisotopic (exact) mass is 292 g/mol. The second-order valence-corrected chi connectivity index (χ2v) is 3.65. The lowest BCUT2D eigenvalue weighted by molar-refractivity contribution is -0.147. The fraction of sp³-hybridized carbons (Fsp3) is 0.273. The minimum Gasteiger partial charge on any atom is -0.479 e. The Bertz CT molecular complexity index is 525. The average Bonchev–Trinajstić information content (AvgIpc) is 2.35. The van der Waals surface area contributed by atoms with Crippen LogP contribution in [-0.4, -0.2) is 36.9 Å². The highest BCUT2D eigenvalue weighted by Crippen LogP contribution is 2.18. The van der Waals surface area contributed by atoms with E-state index in [0.717, 1.165) is 7.11 Å². The summed E-state index contributed by atoms with van der Waals surface area (Å²) in [6, 6.07) is -0.121. The van der Waals surface area contributed by atoms with E-state index >= 15 is 0 Å². The predicted molar refractivity (Wildman–Crippen MR) is 61.8 cm³/mol. The van der Waals surface area contributed by atoms with Crippen LogP contribution in [0.15, 0.2) is 12.1 Å². The summed E-state index contributed by atoms with van der Waals surface area (Å²) < 4.78 is 43.5. The van der Waals surface area contributed by atoms with Gasteiger partial charge < -0.3 is 20.5 Å². The summed E-state index contributed by atoms with van der Waals surface area (Å²) in [7, 11) is 1.12. The quantitative estimate of drug-likeness (QED) is 0.714. The Balaban J connectivity index is 2.65. The average molecular weight is 292 g/mol. The van der Waals surface area contributed by atoms with Gasteiger partial charge in [-0.25, -0.2) is 22.8 Å². The third-order valence-corrected chi connectivity index (χ3v) is 2.25. The molecular formula is C11H11F3N2O4. The minimum atomic E-state index is -1.46. The van der Waals surface area contributed by atoms with Crippen molar-refractivity contribution in [1.82, 2.24) is 5.32 Å². The summed E-state index contributed by atoms with van der Waals surface area (Å²) >= 11 is 0. The van der Waals surface area contributed by atoms with E-state index in [1.165, 1.54) is 0 Å². The molecule has 2 amide bonds. The molecule has 6 nitrogen and oxygen atoms in total. The molecule has 20 heavy (non-hydrogen) atoms. The summed E-state index contributed by atoms with van der Waals surface area (Å²) in [5.74, 6) is -5.26. The van der Waals surface area contributed by atoms with E-state index < -0.39 is 47.8 Å². The molecular weight excluding hydrogens is 281 g/mol. The van der Waals surface area contributed by atoms with E-state index in [0.29, 0.717) is 12.1 Å². The van der Waals surface area contributed by atoms with Crippen molar-refractivity contribution < 1.29 is 32.6 Å². The molecule has 0 aliphatic rings. The van der Waals surface area contributed by atoms with Crippen molar-refractivity contribution >= 4 is 17.7 Å². The number of halogens is 3. The zero-order valence-corrected chi connectivity index (χ0v) is 10.2. The molecule has 3 N–H and O–H groups in total. The van der Waals surface area contributed by atoms with E-state index in [1.54, 1.807) is 0 Å². The Morgan fingerprint density at radius 2 is 2.00 bits per heavy atom. The lowest BCUT2D eigenvalue weighted by Gasteiger charge is -2.12. The van der Waals surface area contributed by atoms with Crippen LogP contribution in [0, 0.1) is 17.5 Å². The van der Waals surface area contributed by atoms with Crippen LogP contribution >= 0.6 is 0 Å². The number of methoxy groups -OCH3 is 1. The van der Waals surface area contributed by atoms with Crippen LogP contribution in [0.25, 0.3) is 0 Å². The van der Waals surface area contributed by atoms with Gasteiger partial charge in [0.2, 0.25) is 0 Å². The largest absolute Gasteiger partial charge is 0.479 e. The van der Waals surface area contributed by atoms with Gasteiger partial charge in [0.05, 0.1) is 12.2 Å². The third kappa shape index (κ3) is 4.12. The van der Waals surface area contributed by atoms with E-state index in [-0.39, 0.29) is 0 Å². The molecule has 1 unspecified atom stereocenters. The van der Waals surface area contributed by atoms with Crippen molar-refractivity contribution in [3.63, 3.8) is 0 Å². The van der Waals surface area contributed by atoms with Crippen LogP contribution in [0.1, 0.15) is 0 Å². The van der Waals surface area contributed by atoms with Gasteiger partial charge in [-0.05, 0) is 0 Å². The maximum Gasteiger partial charge on any atom is 0.334 e. The SMILES string of the molecule is COC(CNC(=O)Nc1cc(F)cc(F)c1F)C(=O)O. The molecule has 0 fully saturated rings. The second kappa shape index (κ2) is 6.75. The summed E-state index contributed by atoms with van der Waals surface area (Å²) in [4.78, 5) is 21.9. The highest BCUT2D eigenvalue weighted by molar-refractivity contribution is 5.89. The number of carboxylic acid groups (broad SMARTS) is 1. The molecule has 0 saturated carbocycles. The fourth-order valence-electron chi connectivity index (χ4n) is 1.27. The minimum absolute atomic E-state index is 0.323. The number of urea groups is 1. The van der Waals surface area contributed by atoms with Crippen molar-refractivity contribution in [2.45, 2.75) is 6.10 Å². The van der Waals surface area contributed by atoms with Gasteiger partial charge >= 0.3 is 12.0 Å². The van der Waals surface area contributed by atoms with Crippen LogP contribution in [-0.2, 0) is 9.53 Å². The topological polar surface area (TPSA) is 87.7 Å². The number of ether oxygens (including phenoxy) is 1. The highest BCUT2D eigenvalue weighted by atomic mass is 19.2. The summed E-state index contributed by atoms with van der Waals surface area (Å²) in [6.45, 7) is -0.406. The van der Waals surface area contributed by atoms with Crippen molar-refractivity contribution in [2.24, 2.45) is 0 Å². The number of anilines is 1. The number of rotatable bonds is 5. The van der Waals surface area contributed by atoms with Gasteiger partial charge in [0.1, 0.15) is 5.82 Å². The van der Waals surface area contributed by atoms with Crippen molar-refractivity contribution in [2.75, 3.05) is 19.0 Å². The molecule has 0 saturated heterocycles. The number of carboxylic acids is 1. The first-order chi connectivity index (χ1) is 9.35. The van der Waals surface area contributed by atoms with Gasteiger partial charge in [0.25, 0.3) is 0 Å². The Kier molecular flexibility index (Phi) is 5.32. The molecule has 1 aromatic rings. The van der Waals surface area contributed by atoms with Crippen LogP contribution in [0.3, 0.4) is 0 Å². The second-order valence-electron chi connectivity index (χ2n) is 3.65. The summed E-state index contributed by atoms with van der Waals surface area (Å²) in [5, 5.41) is 12.6. The molecule has 0 radical (unpaired) electrons. The van der Waals surface area contributed by atoms with Gasteiger partial charge in [0.15, 0.2) is 17.7 Å². The van der Waals surface area contributed by atoms with E-state index in [4.69, 9.17) is 5.11 Å². The number of hydrogen-bond donors (Lipinski definition) is 3. The zero-order valence-electron chi connectivity index (χ0n) is 10.2. The lowest BCUT2D eigenvalue weighted by Crippen LogP contribution is -2.39. The number of carbonyl (C=O) groups is 2. The van der Waals surface area contributed by atoms with Gasteiger partial charge in [-0.3, -0.25) is 0 Å². The summed E-state index contributed by atoms with van der Waals surface area (Å²) in [6.07, 6.45) is -1.30. The predicted octanol–water partition coefficient (Wildman–Crippen LogP) is 1.32. The lowest BCUT2D eigenvalue weighted by atomic mass is 10.3. The van der Waals surface area contributed by atoms with Crippen molar-refractivity contribution in [1.29, 1.82) is 0 Å². The maximum absolute atomic E-state index is 13.2. The summed E-state index contributed by atoms with van der Waals surface area (Å²) in [5.41, 5.74) is -0.704. The highest BCUT2D eigenvalue weighted by Gasteiger charge is 2.18. The van der Waals surface area contributed by atoms with Crippen LogP contribution in [0.2, 0.25) is 0 Å². The molecule has 1 aromatic carbocycles. The maximum atomic E-state index is 13.2. The first-order valence-corrected chi connectivity index (χ1v) is 5.30. The Hall–Kier alpha value is -2.29. The van der Waals surface area contributed by atoms with E-state index in [1.807, 2.05) is 5.32 Å². The first kappa shape index (κ1) is 15.8. The van der Waals surface area contributed by atoms with Gasteiger partial charge in [0, 0.05) is 19.2 Å².